The maximum Gasteiger partial charge on any atom is 0.123 e. The van der Waals surface area contributed by atoms with Gasteiger partial charge in [0.2, 0.25) is 0 Å². The molecule has 0 saturated heterocycles. The van der Waals surface area contributed by atoms with Crippen LogP contribution in [-0.4, -0.2) is 5.38 Å². The van der Waals surface area contributed by atoms with Crippen molar-refractivity contribution >= 4 is 11.6 Å². The van der Waals surface area contributed by atoms with Gasteiger partial charge in [0.1, 0.15) is 5.82 Å². The first-order chi connectivity index (χ1) is 7.13. The zero-order valence-corrected chi connectivity index (χ0v) is 10.1. The van der Waals surface area contributed by atoms with Gasteiger partial charge in [0, 0.05) is 5.38 Å². The monoisotopic (exact) mass is 228 g/mol. The lowest BCUT2D eigenvalue weighted by Crippen LogP contribution is -2.01. The number of hydrogen-bond donors (Lipinski definition) is 0. The largest absolute Gasteiger partial charge is 0.207 e. The lowest BCUT2D eigenvalue weighted by Gasteiger charge is -2.09. The van der Waals surface area contributed by atoms with Gasteiger partial charge in [-0.1, -0.05) is 19.4 Å². The van der Waals surface area contributed by atoms with Crippen molar-refractivity contribution in [3.8, 4) is 0 Å². The van der Waals surface area contributed by atoms with Crippen LogP contribution >= 0.6 is 11.6 Å². The third-order valence-electron chi connectivity index (χ3n) is 2.64. The third kappa shape index (κ3) is 4.21. The van der Waals surface area contributed by atoms with E-state index in [-0.39, 0.29) is 11.2 Å². The van der Waals surface area contributed by atoms with Gasteiger partial charge in [-0.2, -0.15) is 0 Å². The van der Waals surface area contributed by atoms with Crippen molar-refractivity contribution in [2.45, 2.75) is 44.9 Å². The molecule has 0 N–H and O–H groups in total. The summed E-state index contributed by atoms with van der Waals surface area (Å²) in [6, 6.07) is 4.95. The van der Waals surface area contributed by atoms with E-state index < -0.39 is 0 Å². The minimum atomic E-state index is -0.155. The average Bonchev–Trinajstić information content (AvgIpc) is 2.20. The molecule has 0 bridgehead atoms. The molecule has 0 nitrogen and oxygen atoms in total. The minimum absolute atomic E-state index is 0.155. The second-order valence-electron chi connectivity index (χ2n) is 4.00. The summed E-state index contributed by atoms with van der Waals surface area (Å²) in [7, 11) is 0. The lowest BCUT2D eigenvalue weighted by molar-refractivity contribution is 0.621. The van der Waals surface area contributed by atoms with E-state index in [0.29, 0.717) is 0 Å². The van der Waals surface area contributed by atoms with Crippen LogP contribution in [0.3, 0.4) is 0 Å². The summed E-state index contributed by atoms with van der Waals surface area (Å²) in [5.74, 6) is -0.155. The number of halogens is 2. The van der Waals surface area contributed by atoms with Crippen molar-refractivity contribution < 1.29 is 4.39 Å². The van der Waals surface area contributed by atoms with Crippen molar-refractivity contribution in [2.24, 2.45) is 0 Å². The first-order valence-corrected chi connectivity index (χ1v) is 5.96. The van der Waals surface area contributed by atoms with E-state index >= 15 is 0 Å². The smallest absolute Gasteiger partial charge is 0.123 e. The molecular weight excluding hydrogens is 211 g/mol. The average molecular weight is 229 g/mol. The SMILES string of the molecule is CCCC(Cl)CCc1cc(F)ccc1C. The van der Waals surface area contributed by atoms with Gasteiger partial charge in [0.15, 0.2) is 0 Å². The Morgan fingerprint density at radius 1 is 1.33 bits per heavy atom. The molecule has 0 aliphatic heterocycles. The van der Waals surface area contributed by atoms with Crippen molar-refractivity contribution in [3.05, 3.63) is 35.1 Å². The predicted molar refractivity (Wildman–Crippen MR) is 64.0 cm³/mol. The molecule has 0 heterocycles. The van der Waals surface area contributed by atoms with Gasteiger partial charge in [-0.25, -0.2) is 4.39 Å². The van der Waals surface area contributed by atoms with Crippen LogP contribution in [0, 0.1) is 12.7 Å². The summed E-state index contributed by atoms with van der Waals surface area (Å²) < 4.78 is 13.0. The molecule has 15 heavy (non-hydrogen) atoms. The molecule has 1 aromatic carbocycles. The van der Waals surface area contributed by atoms with Crippen LogP contribution in [0.25, 0.3) is 0 Å². The van der Waals surface area contributed by atoms with Gasteiger partial charge in [-0.05, 0) is 49.4 Å². The normalized spacial score (nSPS) is 12.8. The molecule has 0 saturated carbocycles. The molecular formula is C13H18ClF. The first kappa shape index (κ1) is 12.5. The Morgan fingerprint density at radius 2 is 2.07 bits per heavy atom. The van der Waals surface area contributed by atoms with E-state index in [2.05, 4.69) is 6.92 Å². The summed E-state index contributed by atoms with van der Waals surface area (Å²) in [6.07, 6.45) is 3.95. The fourth-order valence-electron chi connectivity index (χ4n) is 1.68. The molecule has 0 radical (unpaired) electrons. The molecule has 84 valence electrons. The molecule has 1 unspecified atom stereocenters. The molecule has 0 spiro atoms. The maximum absolute atomic E-state index is 13.0. The van der Waals surface area contributed by atoms with Gasteiger partial charge in [-0.3, -0.25) is 0 Å². The molecule has 0 aliphatic carbocycles. The fourth-order valence-corrected chi connectivity index (χ4v) is 2.01. The van der Waals surface area contributed by atoms with E-state index in [4.69, 9.17) is 11.6 Å². The highest BCUT2D eigenvalue weighted by molar-refractivity contribution is 6.20. The van der Waals surface area contributed by atoms with Crippen LogP contribution in [0.5, 0.6) is 0 Å². The third-order valence-corrected chi connectivity index (χ3v) is 3.08. The minimum Gasteiger partial charge on any atom is -0.207 e. The molecule has 1 atom stereocenters. The Labute approximate surface area is 96.5 Å². The van der Waals surface area contributed by atoms with Crippen LogP contribution in [0.1, 0.15) is 37.3 Å². The van der Waals surface area contributed by atoms with Crippen molar-refractivity contribution in [1.29, 1.82) is 0 Å². The van der Waals surface area contributed by atoms with Crippen molar-refractivity contribution in [2.75, 3.05) is 0 Å². The summed E-state index contributed by atoms with van der Waals surface area (Å²) in [5.41, 5.74) is 2.23. The predicted octanol–water partition coefficient (Wildman–Crippen LogP) is 4.47. The van der Waals surface area contributed by atoms with Crippen LogP contribution in [0.15, 0.2) is 18.2 Å². The summed E-state index contributed by atoms with van der Waals surface area (Å²) in [5, 5.41) is 0.220. The van der Waals surface area contributed by atoms with Crippen LogP contribution in [-0.2, 0) is 6.42 Å². The quantitative estimate of drug-likeness (QED) is 0.652. The molecule has 2 heteroatoms. The topological polar surface area (TPSA) is 0 Å². The lowest BCUT2D eigenvalue weighted by atomic mass is 10.0. The highest BCUT2D eigenvalue weighted by Gasteiger charge is 2.06. The maximum atomic E-state index is 13.0. The molecule has 1 rings (SSSR count). The second kappa shape index (κ2) is 6.12. The van der Waals surface area contributed by atoms with E-state index in [1.54, 1.807) is 6.07 Å². The Hall–Kier alpha value is -0.560. The Bertz CT molecular complexity index is 309. The first-order valence-electron chi connectivity index (χ1n) is 5.52. The summed E-state index contributed by atoms with van der Waals surface area (Å²) in [4.78, 5) is 0. The van der Waals surface area contributed by atoms with E-state index in [0.717, 1.165) is 36.8 Å². The summed E-state index contributed by atoms with van der Waals surface area (Å²) >= 11 is 6.13. The Balaban J connectivity index is 2.53. The van der Waals surface area contributed by atoms with Crippen LogP contribution < -0.4 is 0 Å². The number of hydrogen-bond acceptors (Lipinski definition) is 0. The highest BCUT2D eigenvalue weighted by atomic mass is 35.5. The van der Waals surface area contributed by atoms with Gasteiger partial charge < -0.3 is 0 Å². The van der Waals surface area contributed by atoms with Gasteiger partial charge in [0.25, 0.3) is 0 Å². The zero-order valence-electron chi connectivity index (χ0n) is 9.39. The standard InChI is InChI=1S/C13H18ClF/c1-3-4-12(14)7-6-11-9-13(15)8-5-10(11)2/h5,8-9,12H,3-4,6-7H2,1-2H3. The molecule has 0 fully saturated rings. The van der Waals surface area contributed by atoms with Crippen LogP contribution in [0.2, 0.25) is 0 Å². The summed E-state index contributed by atoms with van der Waals surface area (Å²) in [6.45, 7) is 4.14. The number of benzene rings is 1. The van der Waals surface area contributed by atoms with Gasteiger partial charge in [-0.15, -0.1) is 11.6 Å². The zero-order chi connectivity index (χ0) is 11.3. The number of aryl methyl sites for hydroxylation is 2. The number of rotatable bonds is 5. The van der Waals surface area contributed by atoms with E-state index in [1.807, 2.05) is 13.0 Å². The van der Waals surface area contributed by atoms with Gasteiger partial charge in [0.05, 0.1) is 0 Å². The Kier molecular flexibility index (Phi) is 5.10. The van der Waals surface area contributed by atoms with Crippen LogP contribution in [0.4, 0.5) is 4.39 Å². The van der Waals surface area contributed by atoms with E-state index in [9.17, 15) is 4.39 Å². The second-order valence-corrected chi connectivity index (χ2v) is 4.61. The van der Waals surface area contributed by atoms with Gasteiger partial charge >= 0.3 is 0 Å². The molecule has 0 aromatic heterocycles. The molecule has 0 amide bonds. The number of alkyl halides is 1. The highest BCUT2D eigenvalue weighted by Crippen LogP contribution is 2.17. The van der Waals surface area contributed by atoms with E-state index in [1.165, 1.54) is 6.07 Å². The van der Waals surface area contributed by atoms with Crippen molar-refractivity contribution in [1.82, 2.24) is 0 Å². The fraction of sp³-hybridized carbons (Fsp3) is 0.538. The van der Waals surface area contributed by atoms with Crippen molar-refractivity contribution in [3.63, 3.8) is 0 Å². The molecule has 0 aliphatic rings. The molecule has 1 aromatic rings. The Morgan fingerprint density at radius 3 is 2.73 bits per heavy atom.